The Morgan fingerprint density at radius 1 is 1.41 bits per heavy atom. The van der Waals surface area contributed by atoms with Crippen molar-refractivity contribution in [1.29, 1.82) is 0 Å². The number of carbonyl (C=O) groups is 1. The summed E-state index contributed by atoms with van der Waals surface area (Å²) in [5.74, 6) is -1.20. The van der Waals surface area contributed by atoms with Gasteiger partial charge >= 0.3 is 0 Å². The number of rotatable bonds is 2. The lowest BCUT2D eigenvalue weighted by molar-refractivity contribution is 0.102. The van der Waals surface area contributed by atoms with Gasteiger partial charge < -0.3 is 5.32 Å². The van der Waals surface area contributed by atoms with Gasteiger partial charge in [0.2, 0.25) is 0 Å². The van der Waals surface area contributed by atoms with E-state index in [0.717, 1.165) is 37.0 Å². The summed E-state index contributed by atoms with van der Waals surface area (Å²) in [6.45, 7) is 2.20. The summed E-state index contributed by atoms with van der Waals surface area (Å²) >= 11 is 4.66. The fourth-order valence-electron chi connectivity index (χ4n) is 2.71. The molecule has 116 valence electrons. The molecule has 2 nitrogen and oxygen atoms in total. The Bertz CT molecular complexity index is 721. The molecule has 0 saturated carbocycles. The number of anilines is 1. The first-order valence-corrected chi connectivity index (χ1v) is 8.68. The van der Waals surface area contributed by atoms with Crippen molar-refractivity contribution in [2.75, 3.05) is 5.32 Å². The molecule has 0 aliphatic heterocycles. The van der Waals surface area contributed by atoms with Gasteiger partial charge in [0, 0.05) is 20.8 Å². The van der Waals surface area contributed by atoms with E-state index in [1.54, 1.807) is 11.3 Å². The van der Waals surface area contributed by atoms with E-state index < -0.39 is 11.6 Å². The summed E-state index contributed by atoms with van der Waals surface area (Å²) in [5.41, 5.74) is 1.64. The molecule has 2 aromatic rings. The summed E-state index contributed by atoms with van der Waals surface area (Å²) in [7, 11) is 0. The summed E-state index contributed by atoms with van der Waals surface area (Å²) in [5, 5.41) is 4.38. The van der Waals surface area contributed by atoms with Gasteiger partial charge in [-0.25, -0.2) is 8.78 Å². The molecule has 0 fully saturated rings. The molecule has 22 heavy (non-hydrogen) atoms. The number of fused-ring (bicyclic) bond motifs is 1. The van der Waals surface area contributed by atoms with E-state index in [1.807, 2.05) is 5.38 Å². The number of amides is 1. The van der Waals surface area contributed by atoms with Crippen LogP contribution >= 0.6 is 27.3 Å². The van der Waals surface area contributed by atoms with E-state index in [0.29, 0.717) is 11.5 Å². The zero-order valence-electron chi connectivity index (χ0n) is 11.9. The van der Waals surface area contributed by atoms with Crippen molar-refractivity contribution in [3.8, 4) is 0 Å². The van der Waals surface area contributed by atoms with E-state index >= 15 is 0 Å². The van der Waals surface area contributed by atoms with Gasteiger partial charge in [-0.2, -0.15) is 0 Å². The molecule has 0 spiro atoms. The van der Waals surface area contributed by atoms with Crippen LogP contribution in [0, 0.1) is 17.6 Å². The molecule has 1 amide bonds. The maximum Gasteiger partial charge on any atom is 0.256 e. The minimum atomic E-state index is -0.794. The first-order valence-electron chi connectivity index (χ1n) is 7.01. The van der Waals surface area contributed by atoms with Crippen molar-refractivity contribution in [2.24, 2.45) is 5.92 Å². The summed E-state index contributed by atoms with van der Waals surface area (Å²) in [4.78, 5) is 13.7. The Morgan fingerprint density at radius 3 is 2.91 bits per heavy atom. The molecular formula is C16H14BrF2NOS. The van der Waals surface area contributed by atoms with Crippen LogP contribution in [0.1, 0.15) is 34.1 Å². The predicted molar refractivity (Wildman–Crippen MR) is 87.5 cm³/mol. The average molecular weight is 386 g/mol. The van der Waals surface area contributed by atoms with Gasteiger partial charge in [-0.1, -0.05) is 6.92 Å². The largest absolute Gasteiger partial charge is 0.318 e. The molecule has 1 aliphatic carbocycles. The van der Waals surface area contributed by atoms with Crippen molar-refractivity contribution in [3.05, 3.63) is 49.6 Å². The van der Waals surface area contributed by atoms with E-state index in [-0.39, 0.29) is 16.1 Å². The number of halogens is 3. The Labute approximate surface area is 139 Å². The number of hydrogen-bond acceptors (Lipinski definition) is 2. The zero-order chi connectivity index (χ0) is 15.9. The molecule has 0 radical (unpaired) electrons. The van der Waals surface area contributed by atoms with Crippen LogP contribution in [0.3, 0.4) is 0 Å². The third kappa shape index (κ3) is 2.94. The molecule has 3 rings (SSSR count). The van der Waals surface area contributed by atoms with Crippen molar-refractivity contribution in [2.45, 2.75) is 26.2 Å². The second-order valence-corrected chi connectivity index (χ2v) is 7.42. The number of hydrogen-bond donors (Lipinski definition) is 1. The van der Waals surface area contributed by atoms with E-state index in [1.165, 1.54) is 4.88 Å². The van der Waals surface area contributed by atoms with Crippen molar-refractivity contribution < 1.29 is 13.6 Å². The zero-order valence-corrected chi connectivity index (χ0v) is 14.3. The van der Waals surface area contributed by atoms with Crippen LogP contribution in [-0.4, -0.2) is 5.91 Å². The summed E-state index contributed by atoms with van der Waals surface area (Å²) < 4.78 is 27.1. The van der Waals surface area contributed by atoms with Crippen molar-refractivity contribution in [3.63, 3.8) is 0 Å². The molecule has 1 atom stereocenters. The maximum absolute atomic E-state index is 13.8. The van der Waals surface area contributed by atoms with E-state index in [9.17, 15) is 13.6 Å². The minimum absolute atomic E-state index is 0.0319. The topological polar surface area (TPSA) is 29.1 Å². The fourth-order valence-corrected chi connectivity index (χ4v) is 4.46. The van der Waals surface area contributed by atoms with E-state index in [4.69, 9.17) is 0 Å². The number of thiophene rings is 1. The predicted octanol–water partition coefficient (Wildman–Crippen LogP) is 5.17. The Kier molecular flexibility index (Phi) is 4.32. The highest BCUT2D eigenvalue weighted by molar-refractivity contribution is 9.10. The van der Waals surface area contributed by atoms with Gasteiger partial charge in [-0.3, -0.25) is 4.79 Å². The van der Waals surface area contributed by atoms with Gasteiger partial charge in [0.15, 0.2) is 5.82 Å². The average Bonchev–Trinajstić information content (AvgIpc) is 2.85. The Hall–Kier alpha value is -1.27. The van der Waals surface area contributed by atoms with Gasteiger partial charge in [-0.05, 0) is 52.7 Å². The summed E-state index contributed by atoms with van der Waals surface area (Å²) in [6.07, 6.45) is 2.91. The number of benzene rings is 1. The van der Waals surface area contributed by atoms with Gasteiger partial charge in [-0.15, -0.1) is 11.3 Å². The first-order chi connectivity index (χ1) is 10.5. The molecule has 0 unspecified atom stereocenters. The molecule has 6 heteroatoms. The first kappa shape index (κ1) is 15.6. The lowest BCUT2D eigenvalue weighted by Crippen LogP contribution is -2.17. The van der Waals surface area contributed by atoms with Crippen LogP contribution in [0.4, 0.5) is 14.5 Å². The smallest absolute Gasteiger partial charge is 0.256 e. The molecular weight excluding hydrogens is 372 g/mol. The minimum Gasteiger partial charge on any atom is -0.318 e. The third-order valence-electron chi connectivity index (χ3n) is 3.89. The SMILES string of the molecule is C[C@@H]1CCc2c(C(=O)Nc3c(F)cc(F)cc3Br)csc2C1. The van der Waals surface area contributed by atoms with Gasteiger partial charge in [0.05, 0.1) is 11.3 Å². The van der Waals surface area contributed by atoms with Crippen LogP contribution in [0.5, 0.6) is 0 Å². The molecule has 0 saturated heterocycles. The highest BCUT2D eigenvalue weighted by Crippen LogP contribution is 2.34. The molecule has 1 N–H and O–H groups in total. The second-order valence-electron chi connectivity index (χ2n) is 5.60. The Balaban J connectivity index is 1.87. The summed E-state index contributed by atoms with van der Waals surface area (Å²) in [6, 6.07) is 1.88. The van der Waals surface area contributed by atoms with Crippen LogP contribution in [-0.2, 0) is 12.8 Å². The van der Waals surface area contributed by atoms with E-state index in [2.05, 4.69) is 28.2 Å². The number of nitrogens with one attached hydrogen (secondary N) is 1. The molecule has 0 bridgehead atoms. The normalized spacial score (nSPS) is 17.2. The molecule has 1 aromatic carbocycles. The molecule has 1 aliphatic rings. The van der Waals surface area contributed by atoms with Crippen LogP contribution in [0.25, 0.3) is 0 Å². The quantitative estimate of drug-likeness (QED) is 0.759. The van der Waals surface area contributed by atoms with Crippen molar-refractivity contribution >= 4 is 38.9 Å². The lowest BCUT2D eigenvalue weighted by atomic mass is 9.88. The maximum atomic E-state index is 13.8. The lowest BCUT2D eigenvalue weighted by Gasteiger charge is -2.19. The van der Waals surface area contributed by atoms with Gasteiger partial charge in [0.25, 0.3) is 5.91 Å². The number of carbonyl (C=O) groups excluding carboxylic acids is 1. The fraction of sp³-hybridized carbons (Fsp3) is 0.312. The van der Waals surface area contributed by atoms with Crippen molar-refractivity contribution in [1.82, 2.24) is 0 Å². The molecule has 1 aromatic heterocycles. The highest BCUT2D eigenvalue weighted by Gasteiger charge is 2.24. The standard InChI is InChI=1S/C16H14BrF2NOS/c1-8-2-3-10-11(7-22-14(10)4-8)16(21)20-15-12(17)5-9(18)6-13(15)19/h5-8H,2-4H2,1H3,(H,20,21)/t8-/m1/s1. The Morgan fingerprint density at radius 2 is 2.18 bits per heavy atom. The monoisotopic (exact) mass is 385 g/mol. The van der Waals surface area contributed by atoms with Crippen LogP contribution < -0.4 is 5.32 Å². The van der Waals surface area contributed by atoms with Gasteiger partial charge in [0.1, 0.15) is 5.82 Å². The second kappa shape index (κ2) is 6.08. The third-order valence-corrected chi connectivity index (χ3v) is 5.57. The molecule has 1 heterocycles. The van der Waals surface area contributed by atoms with Crippen LogP contribution in [0.15, 0.2) is 22.0 Å². The highest BCUT2D eigenvalue weighted by atomic mass is 79.9. The van der Waals surface area contributed by atoms with Crippen LogP contribution in [0.2, 0.25) is 0 Å².